The molecule has 0 spiro atoms. The van der Waals surface area contributed by atoms with E-state index >= 15 is 0 Å². The van der Waals surface area contributed by atoms with Gasteiger partial charge in [-0.1, -0.05) is 12.1 Å². The lowest BCUT2D eigenvalue weighted by Crippen LogP contribution is -2.26. The van der Waals surface area contributed by atoms with Crippen LogP contribution in [0, 0.1) is 35.0 Å². The SMILES string of the molecule is CC(NC1C2C3CCC(C3)C12)c1ccc(C#N)cc1. The number of fused-ring (bicyclic) bond motifs is 5. The van der Waals surface area contributed by atoms with E-state index in [9.17, 15) is 0 Å². The van der Waals surface area contributed by atoms with Crippen LogP contribution in [0.4, 0.5) is 0 Å². The van der Waals surface area contributed by atoms with Crippen molar-refractivity contribution in [3.8, 4) is 6.07 Å². The molecule has 3 aliphatic carbocycles. The maximum atomic E-state index is 8.83. The van der Waals surface area contributed by atoms with Crippen LogP contribution in [-0.2, 0) is 0 Å². The number of nitrogens with zero attached hydrogens (tertiary/aromatic N) is 1. The highest BCUT2D eigenvalue weighted by atomic mass is 15.0. The van der Waals surface area contributed by atoms with Crippen molar-refractivity contribution in [2.75, 3.05) is 0 Å². The van der Waals surface area contributed by atoms with Gasteiger partial charge in [-0.25, -0.2) is 0 Å². The lowest BCUT2D eigenvalue weighted by atomic mass is 10.0. The molecule has 2 bridgehead atoms. The highest BCUT2D eigenvalue weighted by molar-refractivity contribution is 5.33. The van der Waals surface area contributed by atoms with E-state index in [1.807, 2.05) is 12.1 Å². The van der Waals surface area contributed by atoms with Gasteiger partial charge in [0.2, 0.25) is 0 Å². The molecular formula is C17H20N2. The molecule has 4 rings (SSSR count). The van der Waals surface area contributed by atoms with Gasteiger partial charge < -0.3 is 5.32 Å². The van der Waals surface area contributed by atoms with Gasteiger partial charge in [0.25, 0.3) is 0 Å². The normalized spacial score (nSPS) is 39.7. The van der Waals surface area contributed by atoms with E-state index in [1.54, 1.807) is 0 Å². The minimum Gasteiger partial charge on any atom is -0.307 e. The molecule has 0 radical (unpaired) electrons. The van der Waals surface area contributed by atoms with Crippen molar-refractivity contribution in [3.05, 3.63) is 35.4 Å². The van der Waals surface area contributed by atoms with Gasteiger partial charge in [0, 0.05) is 12.1 Å². The van der Waals surface area contributed by atoms with E-state index in [0.29, 0.717) is 6.04 Å². The van der Waals surface area contributed by atoms with Gasteiger partial charge >= 0.3 is 0 Å². The summed E-state index contributed by atoms with van der Waals surface area (Å²) in [5.74, 6) is 4.03. The molecule has 2 nitrogen and oxygen atoms in total. The molecule has 2 heteroatoms. The molecular weight excluding hydrogens is 232 g/mol. The van der Waals surface area contributed by atoms with E-state index < -0.39 is 0 Å². The summed E-state index contributed by atoms with van der Waals surface area (Å²) in [6, 6.07) is 11.4. The molecule has 0 aliphatic heterocycles. The van der Waals surface area contributed by atoms with Crippen LogP contribution in [0.1, 0.15) is 43.4 Å². The number of nitriles is 1. The fourth-order valence-electron chi connectivity index (χ4n) is 4.78. The van der Waals surface area contributed by atoms with E-state index in [2.05, 4.69) is 30.4 Å². The Hall–Kier alpha value is -1.33. The lowest BCUT2D eigenvalue weighted by molar-refractivity contribution is 0.433. The first-order valence-electron chi connectivity index (χ1n) is 7.54. The Morgan fingerprint density at radius 2 is 1.79 bits per heavy atom. The Balaban J connectivity index is 1.42. The monoisotopic (exact) mass is 252 g/mol. The van der Waals surface area contributed by atoms with E-state index in [1.165, 1.54) is 24.8 Å². The summed E-state index contributed by atoms with van der Waals surface area (Å²) < 4.78 is 0. The predicted octanol–water partition coefficient (Wildman–Crippen LogP) is 3.25. The quantitative estimate of drug-likeness (QED) is 0.896. The summed E-state index contributed by atoms with van der Waals surface area (Å²) in [7, 11) is 0. The summed E-state index contributed by atoms with van der Waals surface area (Å²) in [6.45, 7) is 2.25. The molecule has 0 saturated heterocycles. The second-order valence-electron chi connectivity index (χ2n) is 6.64. The van der Waals surface area contributed by atoms with E-state index in [-0.39, 0.29) is 0 Å². The van der Waals surface area contributed by atoms with Crippen molar-refractivity contribution in [1.29, 1.82) is 5.26 Å². The fourth-order valence-corrected chi connectivity index (χ4v) is 4.78. The molecule has 0 heterocycles. The molecule has 3 fully saturated rings. The van der Waals surface area contributed by atoms with Gasteiger partial charge in [0.15, 0.2) is 0 Å². The van der Waals surface area contributed by atoms with Crippen LogP contribution >= 0.6 is 0 Å². The third-order valence-corrected chi connectivity index (χ3v) is 5.72. The van der Waals surface area contributed by atoms with Crippen molar-refractivity contribution in [1.82, 2.24) is 5.32 Å². The van der Waals surface area contributed by atoms with Crippen molar-refractivity contribution in [3.63, 3.8) is 0 Å². The first-order valence-corrected chi connectivity index (χ1v) is 7.54. The van der Waals surface area contributed by atoms with Crippen LogP contribution in [-0.4, -0.2) is 6.04 Å². The van der Waals surface area contributed by atoms with Crippen LogP contribution in [0.3, 0.4) is 0 Å². The molecule has 5 unspecified atom stereocenters. The van der Waals surface area contributed by atoms with Crippen molar-refractivity contribution >= 4 is 0 Å². The standard InChI is InChI=1S/C17H20N2/c1-10(12-4-2-11(9-18)3-5-12)19-17-15-13-6-7-14(8-13)16(15)17/h2-5,10,13-17,19H,6-8H2,1H3. The van der Waals surface area contributed by atoms with Crippen LogP contribution in [0.25, 0.3) is 0 Å². The number of rotatable bonds is 3. The zero-order valence-corrected chi connectivity index (χ0v) is 11.3. The molecule has 98 valence electrons. The Morgan fingerprint density at radius 1 is 1.16 bits per heavy atom. The maximum absolute atomic E-state index is 8.83. The fraction of sp³-hybridized carbons (Fsp3) is 0.588. The zero-order chi connectivity index (χ0) is 13.0. The van der Waals surface area contributed by atoms with Gasteiger partial charge in [-0.05, 0) is 67.6 Å². The van der Waals surface area contributed by atoms with Crippen molar-refractivity contribution < 1.29 is 0 Å². The molecule has 5 atom stereocenters. The van der Waals surface area contributed by atoms with Gasteiger partial charge in [-0.15, -0.1) is 0 Å². The lowest BCUT2D eigenvalue weighted by Gasteiger charge is -2.17. The summed E-state index contributed by atoms with van der Waals surface area (Å²) in [5, 5.41) is 12.7. The van der Waals surface area contributed by atoms with Gasteiger partial charge in [0.05, 0.1) is 11.6 Å². The molecule has 3 saturated carbocycles. The largest absolute Gasteiger partial charge is 0.307 e. The molecule has 0 aromatic heterocycles. The van der Waals surface area contributed by atoms with Crippen LogP contribution in [0.2, 0.25) is 0 Å². The molecule has 19 heavy (non-hydrogen) atoms. The number of nitrogens with one attached hydrogen (secondary N) is 1. The third-order valence-electron chi connectivity index (χ3n) is 5.72. The maximum Gasteiger partial charge on any atom is 0.0991 e. The minimum atomic E-state index is 0.405. The highest BCUT2D eigenvalue weighted by Gasteiger charge is 2.64. The predicted molar refractivity (Wildman–Crippen MR) is 74.3 cm³/mol. The summed E-state index contributed by atoms with van der Waals surface area (Å²) >= 11 is 0. The Kier molecular flexibility index (Phi) is 2.47. The van der Waals surface area contributed by atoms with E-state index in [0.717, 1.165) is 35.3 Å². The molecule has 1 N–H and O–H groups in total. The topological polar surface area (TPSA) is 35.8 Å². The Morgan fingerprint density at radius 3 is 2.37 bits per heavy atom. The van der Waals surface area contributed by atoms with Crippen molar-refractivity contribution in [2.45, 2.75) is 38.3 Å². The Labute approximate surface area is 114 Å². The van der Waals surface area contributed by atoms with Crippen LogP contribution < -0.4 is 5.32 Å². The average molecular weight is 252 g/mol. The molecule has 1 aromatic carbocycles. The van der Waals surface area contributed by atoms with Gasteiger partial charge in [-0.2, -0.15) is 5.26 Å². The number of hydrogen-bond acceptors (Lipinski definition) is 2. The second-order valence-corrected chi connectivity index (χ2v) is 6.64. The first kappa shape index (κ1) is 11.5. The third kappa shape index (κ3) is 1.72. The minimum absolute atomic E-state index is 0.405. The first-order chi connectivity index (χ1) is 9.28. The molecule has 1 aromatic rings. The van der Waals surface area contributed by atoms with Gasteiger partial charge in [0.1, 0.15) is 0 Å². The number of hydrogen-bond donors (Lipinski definition) is 1. The van der Waals surface area contributed by atoms with Crippen LogP contribution in [0.5, 0.6) is 0 Å². The number of benzene rings is 1. The van der Waals surface area contributed by atoms with Crippen molar-refractivity contribution in [2.24, 2.45) is 23.7 Å². The summed E-state index contributed by atoms with van der Waals surface area (Å²) in [5.41, 5.74) is 2.05. The van der Waals surface area contributed by atoms with Crippen LogP contribution in [0.15, 0.2) is 24.3 Å². The molecule has 3 aliphatic rings. The second kappa shape index (κ2) is 4.08. The van der Waals surface area contributed by atoms with Gasteiger partial charge in [-0.3, -0.25) is 0 Å². The average Bonchev–Trinajstić information content (AvgIpc) is 2.85. The molecule has 0 amide bonds. The van der Waals surface area contributed by atoms with E-state index in [4.69, 9.17) is 5.26 Å². The smallest absolute Gasteiger partial charge is 0.0991 e. The zero-order valence-electron chi connectivity index (χ0n) is 11.3. The Bertz CT molecular complexity index is 511. The summed E-state index contributed by atoms with van der Waals surface area (Å²) in [4.78, 5) is 0. The summed E-state index contributed by atoms with van der Waals surface area (Å²) in [6.07, 6.45) is 4.48. The highest BCUT2D eigenvalue weighted by Crippen LogP contribution is 2.65.